The van der Waals surface area contributed by atoms with Gasteiger partial charge in [-0.05, 0) is 42.9 Å². The van der Waals surface area contributed by atoms with E-state index in [1.807, 2.05) is 0 Å². The molecule has 0 aromatic carbocycles. The molecule has 0 spiro atoms. The van der Waals surface area contributed by atoms with Crippen LogP contribution in [0, 0.1) is 29.6 Å². The van der Waals surface area contributed by atoms with E-state index in [-0.39, 0.29) is 11.8 Å². The normalized spacial score (nSPS) is 37.1. The molecule has 0 saturated heterocycles. The largest absolute Gasteiger partial charge is 0.479 e. The number of nitrogens with zero attached hydrogens (tertiary/aromatic N) is 2. The SMILES string of the molecule is Cn1cc(C(NC(=O)C2C3C4CCC(C4)C23)C(=O)O)cn1. The fourth-order valence-electron chi connectivity index (χ4n) is 4.79. The van der Waals surface area contributed by atoms with Gasteiger partial charge in [0.25, 0.3) is 0 Å². The van der Waals surface area contributed by atoms with Crippen molar-refractivity contribution in [2.45, 2.75) is 25.3 Å². The Morgan fingerprint density at radius 3 is 2.57 bits per heavy atom. The molecule has 4 rings (SSSR count). The van der Waals surface area contributed by atoms with E-state index < -0.39 is 12.0 Å². The van der Waals surface area contributed by atoms with Crippen LogP contribution in [-0.4, -0.2) is 26.8 Å². The molecule has 112 valence electrons. The summed E-state index contributed by atoms with van der Waals surface area (Å²) < 4.78 is 1.55. The predicted octanol–water partition coefficient (Wildman–Crippen LogP) is 0.954. The van der Waals surface area contributed by atoms with Gasteiger partial charge in [0.2, 0.25) is 5.91 Å². The van der Waals surface area contributed by atoms with Crippen LogP contribution in [0.5, 0.6) is 0 Å². The number of rotatable bonds is 4. The molecule has 6 heteroatoms. The van der Waals surface area contributed by atoms with Crippen molar-refractivity contribution in [1.82, 2.24) is 15.1 Å². The van der Waals surface area contributed by atoms with Crippen molar-refractivity contribution < 1.29 is 14.7 Å². The Kier molecular flexibility index (Phi) is 2.65. The molecule has 0 aliphatic heterocycles. The van der Waals surface area contributed by atoms with Crippen LogP contribution >= 0.6 is 0 Å². The number of carboxylic acids is 1. The average molecular weight is 289 g/mol. The Labute approximate surface area is 122 Å². The van der Waals surface area contributed by atoms with Gasteiger partial charge in [0.1, 0.15) is 0 Å². The lowest BCUT2D eigenvalue weighted by Crippen LogP contribution is -2.35. The molecule has 5 atom stereocenters. The first-order valence-electron chi connectivity index (χ1n) is 7.58. The van der Waals surface area contributed by atoms with Gasteiger partial charge in [0.15, 0.2) is 6.04 Å². The van der Waals surface area contributed by atoms with Gasteiger partial charge in [-0.3, -0.25) is 9.48 Å². The maximum absolute atomic E-state index is 12.4. The van der Waals surface area contributed by atoms with E-state index in [9.17, 15) is 14.7 Å². The van der Waals surface area contributed by atoms with Gasteiger partial charge < -0.3 is 10.4 Å². The van der Waals surface area contributed by atoms with E-state index in [1.54, 1.807) is 17.9 Å². The quantitative estimate of drug-likeness (QED) is 0.864. The van der Waals surface area contributed by atoms with Gasteiger partial charge in [-0.1, -0.05) is 0 Å². The van der Waals surface area contributed by atoms with E-state index in [0.29, 0.717) is 29.2 Å². The summed E-state index contributed by atoms with van der Waals surface area (Å²) in [4.78, 5) is 23.9. The topological polar surface area (TPSA) is 84.2 Å². The van der Waals surface area contributed by atoms with Crippen LogP contribution in [0.2, 0.25) is 0 Å². The Hall–Kier alpha value is -1.85. The van der Waals surface area contributed by atoms with Gasteiger partial charge in [0, 0.05) is 24.7 Å². The van der Waals surface area contributed by atoms with Crippen LogP contribution in [0.4, 0.5) is 0 Å². The monoisotopic (exact) mass is 289 g/mol. The lowest BCUT2D eigenvalue weighted by Gasteiger charge is -2.15. The summed E-state index contributed by atoms with van der Waals surface area (Å²) in [6.07, 6.45) is 6.91. The molecule has 21 heavy (non-hydrogen) atoms. The number of aryl methyl sites for hydroxylation is 1. The number of aliphatic carboxylic acids is 1. The first-order chi connectivity index (χ1) is 10.1. The van der Waals surface area contributed by atoms with Gasteiger partial charge in [-0.2, -0.15) is 5.10 Å². The number of aromatic nitrogens is 2. The third kappa shape index (κ3) is 1.88. The second-order valence-electron chi connectivity index (χ2n) is 6.74. The molecule has 3 fully saturated rings. The van der Waals surface area contributed by atoms with Crippen molar-refractivity contribution >= 4 is 11.9 Å². The summed E-state index contributed by atoms with van der Waals surface area (Å²) in [5.74, 6) is 1.38. The molecule has 5 unspecified atom stereocenters. The van der Waals surface area contributed by atoms with Crippen molar-refractivity contribution in [1.29, 1.82) is 0 Å². The highest BCUT2D eigenvalue weighted by Gasteiger charge is 2.67. The number of hydrogen-bond acceptors (Lipinski definition) is 3. The molecule has 1 amide bonds. The van der Waals surface area contributed by atoms with E-state index in [2.05, 4.69) is 10.4 Å². The molecule has 3 aliphatic rings. The maximum atomic E-state index is 12.4. The van der Waals surface area contributed by atoms with Crippen LogP contribution in [-0.2, 0) is 16.6 Å². The lowest BCUT2D eigenvalue weighted by molar-refractivity contribution is -0.142. The zero-order valence-corrected chi connectivity index (χ0v) is 11.9. The van der Waals surface area contributed by atoms with Crippen molar-refractivity contribution in [2.75, 3.05) is 0 Å². The van der Waals surface area contributed by atoms with Crippen molar-refractivity contribution in [2.24, 2.45) is 36.6 Å². The number of carboxylic acid groups (broad SMARTS) is 1. The molecular formula is C15H19N3O3. The average Bonchev–Trinajstić information content (AvgIpc) is 2.79. The summed E-state index contributed by atoms with van der Waals surface area (Å²) in [5.41, 5.74) is 0.520. The summed E-state index contributed by atoms with van der Waals surface area (Å²) in [5, 5.41) is 16.0. The third-order valence-electron chi connectivity index (χ3n) is 5.63. The number of hydrogen-bond donors (Lipinski definition) is 2. The lowest BCUT2D eigenvalue weighted by atomic mass is 10.0. The zero-order valence-electron chi connectivity index (χ0n) is 11.9. The first-order valence-corrected chi connectivity index (χ1v) is 7.58. The minimum atomic E-state index is -1.04. The van der Waals surface area contributed by atoms with Crippen molar-refractivity contribution in [3.63, 3.8) is 0 Å². The van der Waals surface area contributed by atoms with Crippen LogP contribution in [0.15, 0.2) is 12.4 Å². The van der Waals surface area contributed by atoms with Crippen LogP contribution in [0.3, 0.4) is 0 Å². The Bertz CT molecular complexity index is 595. The Balaban J connectivity index is 1.47. The fourth-order valence-corrected chi connectivity index (χ4v) is 4.79. The van der Waals surface area contributed by atoms with Crippen LogP contribution in [0.1, 0.15) is 30.9 Å². The first kappa shape index (κ1) is 12.9. The predicted molar refractivity (Wildman–Crippen MR) is 73.0 cm³/mol. The third-order valence-corrected chi connectivity index (χ3v) is 5.63. The molecule has 0 radical (unpaired) electrons. The number of nitrogens with one attached hydrogen (secondary N) is 1. The molecule has 3 aliphatic carbocycles. The van der Waals surface area contributed by atoms with E-state index in [4.69, 9.17) is 0 Å². The second-order valence-corrected chi connectivity index (χ2v) is 6.74. The number of carbonyl (C=O) groups excluding carboxylic acids is 1. The van der Waals surface area contributed by atoms with Crippen LogP contribution in [0.25, 0.3) is 0 Å². The molecule has 1 aromatic rings. The van der Waals surface area contributed by atoms with E-state index >= 15 is 0 Å². The molecular weight excluding hydrogens is 270 g/mol. The van der Waals surface area contributed by atoms with Crippen molar-refractivity contribution in [3.05, 3.63) is 18.0 Å². The minimum absolute atomic E-state index is 0.0507. The summed E-state index contributed by atoms with van der Waals surface area (Å²) in [6, 6.07) is -0.995. The number of fused-ring (bicyclic) bond motifs is 5. The minimum Gasteiger partial charge on any atom is -0.479 e. The highest BCUT2D eigenvalue weighted by Crippen LogP contribution is 2.69. The molecule has 1 aromatic heterocycles. The van der Waals surface area contributed by atoms with Gasteiger partial charge in [-0.15, -0.1) is 0 Å². The number of amides is 1. The Morgan fingerprint density at radius 1 is 1.38 bits per heavy atom. The number of carbonyl (C=O) groups is 2. The van der Waals surface area contributed by atoms with E-state index in [0.717, 1.165) is 0 Å². The fraction of sp³-hybridized carbons (Fsp3) is 0.667. The molecule has 6 nitrogen and oxygen atoms in total. The van der Waals surface area contributed by atoms with Gasteiger partial charge in [0.05, 0.1) is 6.20 Å². The van der Waals surface area contributed by atoms with Gasteiger partial charge in [-0.25, -0.2) is 4.79 Å². The maximum Gasteiger partial charge on any atom is 0.331 e. The van der Waals surface area contributed by atoms with Crippen molar-refractivity contribution in [3.8, 4) is 0 Å². The van der Waals surface area contributed by atoms with Crippen LogP contribution < -0.4 is 5.32 Å². The standard InChI is InChI=1S/C15H19N3O3/c1-18-6-9(5-16-18)13(15(20)21)17-14(19)12-10-7-2-3-8(4-7)11(10)12/h5-8,10-13H,2-4H2,1H3,(H,17,19)(H,20,21). The molecule has 3 saturated carbocycles. The molecule has 1 heterocycles. The molecule has 2 N–H and O–H groups in total. The summed E-state index contributed by atoms with van der Waals surface area (Å²) in [7, 11) is 1.73. The Morgan fingerprint density at radius 2 is 2.05 bits per heavy atom. The summed E-state index contributed by atoms with van der Waals surface area (Å²) in [6.45, 7) is 0. The molecule has 2 bridgehead atoms. The smallest absolute Gasteiger partial charge is 0.331 e. The zero-order chi connectivity index (χ0) is 14.7. The second kappa shape index (κ2) is 4.32. The highest BCUT2D eigenvalue weighted by molar-refractivity contribution is 5.88. The van der Waals surface area contributed by atoms with Gasteiger partial charge >= 0.3 is 5.97 Å². The highest BCUT2D eigenvalue weighted by atomic mass is 16.4. The van der Waals surface area contributed by atoms with E-state index in [1.165, 1.54) is 25.5 Å². The summed E-state index contributed by atoms with van der Waals surface area (Å²) >= 11 is 0.